The van der Waals surface area contributed by atoms with E-state index in [-0.39, 0.29) is 22.0 Å². The van der Waals surface area contributed by atoms with E-state index in [2.05, 4.69) is 5.10 Å². The molecule has 5 nitrogen and oxygen atoms in total. The van der Waals surface area contributed by atoms with E-state index in [0.29, 0.717) is 15.8 Å². The zero-order chi connectivity index (χ0) is 16.6. The van der Waals surface area contributed by atoms with Gasteiger partial charge in [-0.1, -0.05) is 41.4 Å². The Bertz CT molecular complexity index is 983. The number of fused-ring (bicyclic) bond motifs is 1. The van der Waals surface area contributed by atoms with E-state index in [1.54, 1.807) is 30.3 Å². The molecule has 0 atom stereocenters. The van der Waals surface area contributed by atoms with Gasteiger partial charge in [0.25, 0.3) is 5.56 Å². The minimum atomic E-state index is -0.721. The van der Waals surface area contributed by atoms with Gasteiger partial charge in [-0.15, -0.1) is 0 Å². The van der Waals surface area contributed by atoms with Crippen molar-refractivity contribution in [3.63, 3.8) is 0 Å². The third-order valence-electron chi connectivity index (χ3n) is 3.25. The van der Waals surface area contributed by atoms with Gasteiger partial charge in [-0.05, 0) is 18.2 Å². The van der Waals surface area contributed by atoms with Crippen LogP contribution in [0.5, 0.6) is 5.75 Å². The number of aryl methyl sites for hydroxylation is 1. The fourth-order valence-corrected chi connectivity index (χ4v) is 2.47. The Morgan fingerprint density at radius 1 is 1.13 bits per heavy atom. The van der Waals surface area contributed by atoms with Gasteiger partial charge in [-0.3, -0.25) is 4.79 Å². The van der Waals surface area contributed by atoms with Crippen LogP contribution in [0.3, 0.4) is 0 Å². The minimum Gasteiger partial charge on any atom is -0.420 e. The Labute approximate surface area is 141 Å². The Hall–Kier alpha value is -2.37. The van der Waals surface area contributed by atoms with E-state index in [0.717, 1.165) is 4.68 Å². The van der Waals surface area contributed by atoms with E-state index < -0.39 is 5.97 Å². The number of hydrogen-bond donors (Lipinski definition) is 0. The average molecular weight is 349 g/mol. The average Bonchev–Trinajstić information content (AvgIpc) is 2.54. The third kappa shape index (κ3) is 2.93. The van der Waals surface area contributed by atoms with Crippen LogP contribution in [-0.2, 0) is 7.05 Å². The molecule has 0 N–H and O–H groups in total. The second kappa shape index (κ2) is 6.02. The van der Waals surface area contributed by atoms with Crippen molar-refractivity contribution in [2.75, 3.05) is 0 Å². The lowest BCUT2D eigenvalue weighted by molar-refractivity contribution is 0.0728. The first-order valence-corrected chi connectivity index (χ1v) is 7.36. The maximum absolute atomic E-state index is 12.5. The standard InChI is InChI=1S/C16H10Cl2N2O3/c1-20-15(21)11-5-3-2-4-10(11)14(19-20)16(22)23-13-8-9(17)6-7-12(13)18/h2-8H,1H3. The van der Waals surface area contributed by atoms with Crippen molar-refractivity contribution in [3.8, 4) is 5.75 Å². The molecular formula is C16H10Cl2N2O3. The monoisotopic (exact) mass is 348 g/mol. The first-order chi connectivity index (χ1) is 11.0. The van der Waals surface area contributed by atoms with Crippen LogP contribution in [0.25, 0.3) is 10.8 Å². The predicted octanol–water partition coefficient (Wildman–Crippen LogP) is 3.46. The zero-order valence-corrected chi connectivity index (χ0v) is 13.4. The largest absolute Gasteiger partial charge is 0.420 e. The molecule has 0 fully saturated rings. The molecule has 2 aromatic carbocycles. The highest BCUT2D eigenvalue weighted by molar-refractivity contribution is 6.34. The Morgan fingerprint density at radius 3 is 2.57 bits per heavy atom. The van der Waals surface area contributed by atoms with E-state index >= 15 is 0 Å². The van der Waals surface area contributed by atoms with Crippen LogP contribution in [0.1, 0.15) is 10.5 Å². The molecule has 23 heavy (non-hydrogen) atoms. The molecule has 3 rings (SSSR count). The molecule has 0 saturated heterocycles. The molecular weight excluding hydrogens is 339 g/mol. The summed E-state index contributed by atoms with van der Waals surface area (Å²) in [6, 6.07) is 11.2. The summed E-state index contributed by atoms with van der Waals surface area (Å²) in [6.45, 7) is 0. The van der Waals surface area contributed by atoms with E-state index in [1.165, 1.54) is 19.2 Å². The lowest BCUT2D eigenvalue weighted by Crippen LogP contribution is -2.24. The van der Waals surface area contributed by atoms with Crippen molar-refractivity contribution < 1.29 is 9.53 Å². The first-order valence-electron chi connectivity index (χ1n) is 6.60. The second-order valence-corrected chi connectivity index (χ2v) is 5.63. The molecule has 7 heteroatoms. The lowest BCUT2D eigenvalue weighted by Gasteiger charge is -2.09. The molecule has 0 aliphatic heterocycles. The minimum absolute atomic E-state index is 0.0266. The van der Waals surface area contributed by atoms with Crippen LogP contribution < -0.4 is 10.3 Å². The topological polar surface area (TPSA) is 61.2 Å². The highest BCUT2D eigenvalue weighted by atomic mass is 35.5. The zero-order valence-electron chi connectivity index (χ0n) is 11.9. The van der Waals surface area contributed by atoms with Gasteiger partial charge in [0.2, 0.25) is 0 Å². The maximum atomic E-state index is 12.5. The van der Waals surface area contributed by atoms with Crippen molar-refractivity contribution in [1.29, 1.82) is 0 Å². The van der Waals surface area contributed by atoms with Gasteiger partial charge < -0.3 is 4.74 Å². The molecule has 116 valence electrons. The van der Waals surface area contributed by atoms with Crippen LogP contribution in [0.15, 0.2) is 47.3 Å². The van der Waals surface area contributed by atoms with Crippen LogP contribution in [0, 0.1) is 0 Å². The SMILES string of the molecule is Cn1nc(C(=O)Oc2cc(Cl)ccc2Cl)c2ccccc2c1=O. The normalized spacial score (nSPS) is 10.7. The van der Waals surface area contributed by atoms with Gasteiger partial charge in [0.05, 0.1) is 10.4 Å². The van der Waals surface area contributed by atoms with Crippen LogP contribution in [0.4, 0.5) is 0 Å². The smallest absolute Gasteiger partial charge is 0.364 e. The third-order valence-corrected chi connectivity index (χ3v) is 3.79. The van der Waals surface area contributed by atoms with Crippen molar-refractivity contribution in [3.05, 3.63) is 68.6 Å². The summed E-state index contributed by atoms with van der Waals surface area (Å²) < 4.78 is 6.38. The number of halogens is 2. The number of esters is 1. The summed E-state index contributed by atoms with van der Waals surface area (Å²) >= 11 is 11.9. The molecule has 0 saturated carbocycles. The Morgan fingerprint density at radius 2 is 1.83 bits per heavy atom. The fourth-order valence-electron chi connectivity index (χ4n) is 2.15. The summed E-state index contributed by atoms with van der Waals surface area (Å²) in [7, 11) is 1.47. The molecule has 0 amide bonds. The summed E-state index contributed by atoms with van der Waals surface area (Å²) in [4.78, 5) is 24.5. The van der Waals surface area contributed by atoms with Crippen molar-refractivity contribution in [2.24, 2.45) is 7.05 Å². The number of carbonyl (C=O) groups excluding carboxylic acids is 1. The van der Waals surface area contributed by atoms with Crippen LogP contribution >= 0.6 is 23.2 Å². The van der Waals surface area contributed by atoms with Crippen molar-refractivity contribution in [1.82, 2.24) is 9.78 Å². The van der Waals surface area contributed by atoms with E-state index in [1.807, 2.05) is 0 Å². The fraction of sp³-hybridized carbons (Fsp3) is 0.0625. The molecule has 0 unspecified atom stereocenters. The van der Waals surface area contributed by atoms with Crippen molar-refractivity contribution in [2.45, 2.75) is 0 Å². The number of benzene rings is 2. The summed E-state index contributed by atoms with van der Waals surface area (Å²) in [5.74, 6) is -0.593. The van der Waals surface area contributed by atoms with E-state index in [4.69, 9.17) is 27.9 Å². The Kier molecular flexibility index (Phi) is 4.07. The number of ether oxygens (including phenoxy) is 1. The van der Waals surface area contributed by atoms with Gasteiger partial charge in [0.15, 0.2) is 11.4 Å². The molecule has 0 radical (unpaired) electrons. The first kappa shape index (κ1) is 15.5. The highest BCUT2D eigenvalue weighted by Crippen LogP contribution is 2.28. The Balaban J connectivity index is 2.10. The molecule has 1 aromatic heterocycles. The number of aromatic nitrogens is 2. The van der Waals surface area contributed by atoms with Crippen LogP contribution in [-0.4, -0.2) is 15.7 Å². The maximum Gasteiger partial charge on any atom is 0.364 e. The molecule has 3 aromatic rings. The quantitative estimate of drug-likeness (QED) is 0.525. The molecule has 0 spiro atoms. The number of nitrogens with zero attached hydrogens (tertiary/aromatic N) is 2. The predicted molar refractivity (Wildman–Crippen MR) is 88.4 cm³/mol. The van der Waals surface area contributed by atoms with E-state index in [9.17, 15) is 9.59 Å². The molecule has 0 aliphatic rings. The molecule has 0 aliphatic carbocycles. The lowest BCUT2D eigenvalue weighted by atomic mass is 10.1. The van der Waals surface area contributed by atoms with Gasteiger partial charge in [0.1, 0.15) is 0 Å². The molecule has 0 bridgehead atoms. The molecule has 1 heterocycles. The summed E-state index contributed by atoms with van der Waals surface area (Å²) in [5, 5.41) is 5.43. The number of carbonyl (C=O) groups is 1. The van der Waals surface area contributed by atoms with Gasteiger partial charge >= 0.3 is 5.97 Å². The number of hydrogen-bond acceptors (Lipinski definition) is 4. The highest BCUT2D eigenvalue weighted by Gasteiger charge is 2.18. The van der Waals surface area contributed by atoms with Gasteiger partial charge in [0, 0.05) is 23.5 Å². The summed E-state index contributed by atoms with van der Waals surface area (Å²) in [6.07, 6.45) is 0. The van der Waals surface area contributed by atoms with Gasteiger partial charge in [-0.2, -0.15) is 5.10 Å². The summed E-state index contributed by atoms with van der Waals surface area (Å²) in [5.41, 5.74) is -0.267. The second-order valence-electron chi connectivity index (χ2n) is 4.79. The van der Waals surface area contributed by atoms with Crippen molar-refractivity contribution >= 4 is 39.9 Å². The van der Waals surface area contributed by atoms with Gasteiger partial charge in [-0.25, -0.2) is 9.48 Å². The van der Waals surface area contributed by atoms with Crippen LogP contribution in [0.2, 0.25) is 10.0 Å². The number of rotatable bonds is 2.